The molecule has 3 aromatic rings. The summed E-state index contributed by atoms with van der Waals surface area (Å²) in [6, 6.07) is 11.5. The van der Waals surface area contributed by atoms with E-state index >= 15 is 0 Å². The van der Waals surface area contributed by atoms with Crippen LogP contribution in [-0.4, -0.2) is 59.4 Å². The lowest BCUT2D eigenvalue weighted by molar-refractivity contribution is 0.0373. The van der Waals surface area contributed by atoms with Crippen LogP contribution in [0.15, 0.2) is 41.4 Å². The molecule has 0 saturated heterocycles. The van der Waals surface area contributed by atoms with Crippen LogP contribution in [0.1, 0.15) is 84.5 Å². The summed E-state index contributed by atoms with van der Waals surface area (Å²) in [4.78, 5) is 22.9. The number of aliphatic hydroxyl groups is 2. The summed E-state index contributed by atoms with van der Waals surface area (Å²) in [6.45, 7) is 3.99. The summed E-state index contributed by atoms with van der Waals surface area (Å²) in [7, 11) is 1.67. The molecule has 3 bridgehead atoms. The predicted molar refractivity (Wildman–Crippen MR) is 204 cm³/mol. The highest BCUT2D eigenvalue weighted by Gasteiger charge is 2.55. The van der Waals surface area contributed by atoms with Crippen LogP contribution in [0.2, 0.25) is 0 Å². The molecule has 2 saturated carbocycles. The summed E-state index contributed by atoms with van der Waals surface area (Å²) in [6.07, 6.45) is 5.57. The SMILES string of the molecule is CC#Cc1ccc(-c2ccc(C(=O)[C@@H]3CC[C@H]4C[C@@]35C[C@@H](CC#Cc3c(cc(O)cc3NC[C@H](C)O)C[C@@H]4NC(N)=NC)[C@H](CCO)C5)s2)s1. The number of nitrogens with one attached hydrogen (secondary N) is 2. The van der Waals surface area contributed by atoms with Gasteiger partial charge in [-0.05, 0) is 118 Å². The molecule has 3 aliphatic carbocycles. The molecule has 8 nitrogen and oxygen atoms in total. The topological polar surface area (TPSA) is 140 Å². The highest BCUT2D eigenvalue weighted by Crippen LogP contribution is 2.60. The van der Waals surface area contributed by atoms with Crippen molar-refractivity contribution >= 4 is 40.1 Å². The van der Waals surface area contributed by atoms with Gasteiger partial charge >= 0.3 is 0 Å². The van der Waals surface area contributed by atoms with Gasteiger partial charge in [-0.15, -0.1) is 28.6 Å². The number of fused-ring (bicyclic) bond motifs is 3. The molecule has 2 aromatic heterocycles. The van der Waals surface area contributed by atoms with Gasteiger partial charge in [0.25, 0.3) is 0 Å². The van der Waals surface area contributed by atoms with Crippen molar-refractivity contribution in [2.24, 2.45) is 39.8 Å². The number of ketones is 1. The minimum atomic E-state index is -0.573. The van der Waals surface area contributed by atoms with Gasteiger partial charge in [-0.2, -0.15) is 0 Å². The number of guanidine groups is 1. The molecule has 7 N–H and O–H groups in total. The molecule has 6 rings (SSSR count). The van der Waals surface area contributed by atoms with Crippen LogP contribution < -0.4 is 16.4 Å². The van der Waals surface area contributed by atoms with E-state index in [1.807, 2.05) is 19.1 Å². The number of phenolic OH excluding ortho intramolecular Hbond substituents is 1. The maximum atomic E-state index is 14.6. The van der Waals surface area contributed by atoms with Crippen LogP contribution in [-0.2, 0) is 6.42 Å². The van der Waals surface area contributed by atoms with E-state index < -0.39 is 6.10 Å². The molecule has 0 radical (unpaired) electrons. The lowest BCUT2D eigenvalue weighted by atomic mass is 9.58. The number of carbonyl (C=O) groups excluding carboxylic acids is 1. The Hall–Kier alpha value is -3.80. The Kier molecular flexibility index (Phi) is 11.2. The third kappa shape index (κ3) is 7.75. The van der Waals surface area contributed by atoms with Crippen LogP contribution >= 0.6 is 22.7 Å². The Morgan fingerprint density at radius 2 is 1.92 bits per heavy atom. The molecule has 10 heteroatoms. The number of hydrogen-bond acceptors (Lipinski definition) is 8. The van der Waals surface area contributed by atoms with Gasteiger partial charge in [-0.1, -0.05) is 17.8 Å². The summed E-state index contributed by atoms with van der Waals surface area (Å²) >= 11 is 3.23. The fourth-order valence-corrected chi connectivity index (χ4v) is 10.8. The number of benzene rings is 1. The number of carbonyl (C=O) groups is 1. The van der Waals surface area contributed by atoms with Crippen LogP contribution in [0, 0.1) is 52.8 Å². The average Bonchev–Trinajstić information content (AvgIpc) is 3.84. The van der Waals surface area contributed by atoms with Gasteiger partial charge in [0, 0.05) is 54.4 Å². The molecule has 1 aromatic carbocycles. The van der Waals surface area contributed by atoms with Gasteiger partial charge in [0.2, 0.25) is 0 Å². The number of Topliss-reactive ketones (excluding diaryl/α,β-unsaturated/α-hetero) is 1. The van der Waals surface area contributed by atoms with Crippen molar-refractivity contribution in [2.75, 3.05) is 25.5 Å². The lowest BCUT2D eigenvalue weighted by Gasteiger charge is -2.47. The van der Waals surface area contributed by atoms with Crippen molar-refractivity contribution in [1.82, 2.24) is 5.32 Å². The van der Waals surface area contributed by atoms with Gasteiger partial charge in [-0.25, -0.2) is 0 Å². The number of phenols is 1. The van der Waals surface area contributed by atoms with Crippen LogP contribution in [0.4, 0.5) is 5.69 Å². The minimum absolute atomic E-state index is 0.107. The molecular weight excluding hydrogens is 665 g/mol. The quantitative estimate of drug-likeness (QED) is 0.0668. The lowest BCUT2D eigenvalue weighted by Crippen LogP contribution is -2.50. The number of aromatic hydroxyl groups is 1. The van der Waals surface area contributed by atoms with Gasteiger partial charge in [-0.3, -0.25) is 9.79 Å². The Morgan fingerprint density at radius 1 is 1.14 bits per heavy atom. The molecular formula is C40H48N4O4S2. The standard InChI is InChI=1S/C40H48N4O4S2/c1-4-6-30-10-12-35(49-30)36-13-14-37(50-36)38(48)32-11-9-27-22-40(32)20-25(26(21-40)15-16-45)7-5-8-31-28(18-33(27)44-39(41)42-3)17-29(47)19-34(31)43-23-24(2)46/h10,12-14,17,19,24-27,32-33,43,45-47H,7,9,11,15-16,18,20-23H2,1-3H3,(H3,41,42,44)/t24-,25+,26+,27-,32-,33-,40-/m0/s1. The second-order valence-electron chi connectivity index (χ2n) is 14.3. The molecule has 3 aliphatic rings. The molecule has 7 atom stereocenters. The van der Waals surface area contributed by atoms with E-state index in [9.17, 15) is 20.1 Å². The molecule has 2 heterocycles. The second-order valence-corrected chi connectivity index (χ2v) is 16.5. The zero-order valence-corrected chi connectivity index (χ0v) is 30.7. The van der Waals surface area contributed by atoms with E-state index in [-0.39, 0.29) is 53.3 Å². The highest BCUT2D eigenvalue weighted by atomic mass is 32.1. The summed E-state index contributed by atoms with van der Waals surface area (Å²) in [5.41, 5.74) is 8.50. The maximum Gasteiger partial charge on any atom is 0.188 e. The highest BCUT2D eigenvalue weighted by molar-refractivity contribution is 7.23. The normalized spacial score (nSPS) is 26.6. The summed E-state index contributed by atoms with van der Waals surface area (Å²) < 4.78 is 0. The fraction of sp³-hybridized carbons (Fsp3) is 0.500. The molecule has 1 spiro atoms. The van der Waals surface area contributed by atoms with Gasteiger partial charge in [0.05, 0.1) is 27.1 Å². The first-order valence-electron chi connectivity index (χ1n) is 17.7. The van der Waals surface area contributed by atoms with Crippen molar-refractivity contribution in [3.05, 3.63) is 57.3 Å². The predicted octanol–water partition coefficient (Wildman–Crippen LogP) is 6.24. The Labute approximate surface area is 303 Å². The van der Waals surface area contributed by atoms with E-state index in [2.05, 4.69) is 51.4 Å². The van der Waals surface area contributed by atoms with Crippen molar-refractivity contribution < 1.29 is 20.1 Å². The zero-order chi connectivity index (χ0) is 35.4. The fourth-order valence-electron chi connectivity index (χ4n) is 8.78. The van der Waals surface area contributed by atoms with Gasteiger partial charge in [0.1, 0.15) is 5.75 Å². The monoisotopic (exact) mass is 712 g/mol. The Morgan fingerprint density at radius 3 is 2.68 bits per heavy atom. The van der Waals surface area contributed by atoms with Crippen LogP contribution in [0.25, 0.3) is 9.75 Å². The van der Waals surface area contributed by atoms with E-state index in [0.717, 1.165) is 62.7 Å². The molecule has 2 fully saturated rings. The molecule has 264 valence electrons. The Bertz CT molecular complexity index is 1860. The van der Waals surface area contributed by atoms with Crippen molar-refractivity contribution in [3.8, 4) is 39.2 Å². The largest absolute Gasteiger partial charge is 0.508 e. The number of aliphatic imine (C=N–C) groups is 1. The average molecular weight is 713 g/mol. The second kappa shape index (κ2) is 15.6. The van der Waals surface area contributed by atoms with E-state index in [1.165, 1.54) is 0 Å². The van der Waals surface area contributed by atoms with Crippen LogP contribution in [0.5, 0.6) is 5.75 Å². The maximum absolute atomic E-state index is 14.6. The van der Waals surface area contributed by atoms with Crippen molar-refractivity contribution in [1.29, 1.82) is 0 Å². The number of anilines is 1. The summed E-state index contributed by atoms with van der Waals surface area (Å²) in [5, 5.41) is 37.8. The molecule has 0 aliphatic heterocycles. The number of nitrogens with two attached hydrogens (primary N) is 1. The number of hydrogen-bond donors (Lipinski definition) is 6. The number of aliphatic hydroxyl groups excluding tert-OH is 2. The van der Waals surface area contributed by atoms with Crippen molar-refractivity contribution in [2.45, 2.75) is 77.4 Å². The molecule has 0 amide bonds. The van der Waals surface area contributed by atoms with Crippen LogP contribution in [0.3, 0.4) is 0 Å². The van der Waals surface area contributed by atoms with E-state index in [0.29, 0.717) is 37.5 Å². The minimum Gasteiger partial charge on any atom is -0.508 e. The third-order valence-electron chi connectivity index (χ3n) is 11.0. The number of nitrogens with zero attached hydrogens (tertiary/aromatic N) is 1. The third-order valence-corrected chi connectivity index (χ3v) is 13.3. The molecule has 0 unspecified atom stereocenters. The van der Waals surface area contributed by atoms with E-state index in [1.54, 1.807) is 48.8 Å². The first-order valence-corrected chi connectivity index (χ1v) is 19.3. The zero-order valence-electron chi connectivity index (χ0n) is 29.1. The first-order chi connectivity index (χ1) is 24.1. The van der Waals surface area contributed by atoms with Gasteiger partial charge < -0.3 is 31.7 Å². The van der Waals surface area contributed by atoms with E-state index in [4.69, 9.17) is 5.73 Å². The summed E-state index contributed by atoms with van der Waals surface area (Å²) in [5.74, 6) is 14.3. The number of rotatable bonds is 9. The number of thiophene rings is 2. The van der Waals surface area contributed by atoms with Crippen molar-refractivity contribution in [3.63, 3.8) is 0 Å². The molecule has 50 heavy (non-hydrogen) atoms. The smallest absolute Gasteiger partial charge is 0.188 e. The van der Waals surface area contributed by atoms with Gasteiger partial charge in [0.15, 0.2) is 11.7 Å². The Balaban J connectivity index is 1.38. The first kappa shape index (κ1) is 36.0.